The highest BCUT2D eigenvalue weighted by molar-refractivity contribution is 5.89. The predicted octanol–water partition coefficient (Wildman–Crippen LogP) is 1.24. The molecule has 0 amide bonds. The summed E-state index contributed by atoms with van der Waals surface area (Å²) in [6, 6.07) is 2.00. The van der Waals surface area contributed by atoms with E-state index < -0.39 is 23.1 Å². The molecule has 0 bridgehead atoms. The van der Waals surface area contributed by atoms with Gasteiger partial charge in [-0.3, -0.25) is 0 Å². The number of aromatic hydroxyl groups is 1. The highest BCUT2D eigenvalue weighted by Crippen LogP contribution is 2.25. The first kappa shape index (κ1) is 9.31. The number of phenolic OH excluding ortho intramolecular Hbond substituents is 1. The predicted molar refractivity (Wildman–Crippen MR) is 41.6 cm³/mol. The van der Waals surface area contributed by atoms with E-state index in [4.69, 9.17) is 10.2 Å². The van der Waals surface area contributed by atoms with E-state index in [-0.39, 0.29) is 5.75 Å². The lowest BCUT2D eigenvalue weighted by atomic mass is 10.2. The fraction of sp³-hybridized carbons (Fsp3) is 0.125. The molecule has 0 saturated carbocycles. The molecule has 0 aliphatic rings. The van der Waals surface area contributed by atoms with Gasteiger partial charge in [0.1, 0.15) is 11.3 Å². The van der Waals surface area contributed by atoms with Crippen LogP contribution in [0.3, 0.4) is 0 Å². The number of halogens is 1. The summed E-state index contributed by atoms with van der Waals surface area (Å²) in [5, 5.41) is 17.4. The number of rotatable bonds is 2. The molecule has 0 heterocycles. The summed E-state index contributed by atoms with van der Waals surface area (Å²) in [6.45, 7) is 0. The minimum Gasteiger partial charge on any atom is -0.505 e. The summed E-state index contributed by atoms with van der Waals surface area (Å²) in [4.78, 5) is 10.4. The number of aromatic carboxylic acids is 1. The average Bonchev–Trinajstić information content (AvgIpc) is 2.09. The minimum atomic E-state index is -1.45. The van der Waals surface area contributed by atoms with Crippen LogP contribution in [0.25, 0.3) is 0 Å². The first-order valence-electron chi connectivity index (χ1n) is 3.36. The highest BCUT2D eigenvalue weighted by Gasteiger charge is 2.15. The van der Waals surface area contributed by atoms with Crippen molar-refractivity contribution in [1.29, 1.82) is 0 Å². The summed E-state index contributed by atoms with van der Waals surface area (Å²) in [5.74, 6) is -3.26. The van der Waals surface area contributed by atoms with Crippen molar-refractivity contribution in [2.24, 2.45) is 0 Å². The third-order valence-electron chi connectivity index (χ3n) is 1.49. The van der Waals surface area contributed by atoms with Crippen molar-refractivity contribution in [1.82, 2.24) is 0 Å². The van der Waals surface area contributed by atoms with E-state index in [1.165, 1.54) is 7.11 Å². The quantitative estimate of drug-likeness (QED) is 0.729. The van der Waals surface area contributed by atoms with Crippen LogP contribution in [0.5, 0.6) is 11.5 Å². The number of carbonyl (C=O) groups is 1. The van der Waals surface area contributed by atoms with Crippen molar-refractivity contribution in [2.75, 3.05) is 7.11 Å². The zero-order chi connectivity index (χ0) is 10.0. The average molecular weight is 186 g/mol. The first-order chi connectivity index (χ1) is 6.06. The molecule has 0 aliphatic heterocycles. The van der Waals surface area contributed by atoms with Gasteiger partial charge in [0.2, 0.25) is 0 Å². The summed E-state index contributed by atoms with van der Waals surface area (Å²) in [6.07, 6.45) is 0. The van der Waals surface area contributed by atoms with Crippen LogP contribution in [-0.2, 0) is 0 Å². The second kappa shape index (κ2) is 3.30. The molecule has 0 fully saturated rings. The van der Waals surface area contributed by atoms with Gasteiger partial charge in [0.05, 0.1) is 7.11 Å². The Hall–Kier alpha value is -1.78. The van der Waals surface area contributed by atoms with Crippen LogP contribution in [-0.4, -0.2) is 23.3 Å². The second-order valence-electron chi connectivity index (χ2n) is 2.31. The van der Waals surface area contributed by atoms with Gasteiger partial charge in [0, 0.05) is 6.07 Å². The number of ether oxygens (including phenoxy) is 1. The Balaban J connectivity index is 3.33. The SMILES string of the molecule is COc1cc(O)c(F)c(C(=O)O)c1. The van der Waals surface area contributed by atoms with Crippen LogP contribution in [0.2, 0.25) is 0 Å². The standard InChI is InChI=1S/C8H7FO4/c1-13-4-2-5(8(11)12)7(9)6(10)3-4/h2-3,10H,1H3,(H,11,12). The molecule has 5 heteroatoms. The number of carboxylic acids is 1. The second-order valence-corrected chi connectivity index (χ2v) is 2.31. The summed E-state index contributed by atoms with van der Waals surface area (Å²) < 4.78 is 17.5. The topological polar surface area (TPSA) is 66.8 Å². The molecule has 0 saturated heterocycles. The van der Waals surface area contributed by atoms with Gasteiger partial charge >= 0.3 is 5.97 Å². The molecule has 0 atom stereocenters. The number of methoxy groups -OCH3 is 1. The summed E-state index contributed by atoms with van der Waals surface area (Å²) in [7, 11) is 1.29. The van der Waals surface area contributed by atoms with E-state index in [9.17, 15) is 9.18 Å². The van der Waals surface area contributed by atoms with E-state index in [0.29, 0.717) is 0 Å². The molecule has 1 aromatic carbocycles. The molecule has 1 rings (SSSR count). The van der Waals surface area contributed by atoms with Crippen molar-refractivity contribution in [2.45, 2.75) is 0 Å². The molecular weight excluding hydrogens is 179 g/mol. The van der Waals surface area contributed by atoms with Crippen LogP contribution in [0.4, 0.5) is 4.39 Å². The van der Waals surface area contributed by atoms with Gasteiger partial charge in [-0.15, -0.1) is 0 Å². The summed E-state index contributed by atoms with van der Waals surface area (Å²) >= 11 is 0. The van der Waals surface area contributed by atoms with E-state index >= 15 is 0 Å². The lowest BCUT2D eigenvalue weighted by Crippen LogP contribution is -2.01. The normalized spacial score (nSPS) is 9.69. The van der Waals surface area contributed by atoms with Gasteiger partial charge in [-0.1, -0.05) is 0 Å². The van der Waals surface area contributed by atoms with Crippen LogP contribution >= 0.6 is 0 Å². The number of benzene rings is 1. The molecule has 1 aromatic rings. The molecule has 13 heavy (non-hydrogen) atoms. The highest BCUT2D eigenvalue weighted by atomic mass is 19.1. The van der Waals surface area contributed by atoms with Gasteiger partial charge in [0.15, 0.2) is 11.6 Å². The van der Waals surface area contributed by atoms with Crippen molar-refractivity contribution in [3.8, 4) is 11.5 Å². The molecular formula is C8H7FO4. The third-order valence-corrected chi connectivity index (χ3v) is 1.49. The van der Waals surface area contributed by atoms with Crippen molar-refractivity contribution in [3.63, 3.8) is 0 Å². The number of hydrogen-bond donors (Lipinski definition) is 2. The number of phenols is 1. The Morgan fingerprint density at radius 2 is 2.15 bits per heavy atom. The number of hydrogen-bond acceptors (Lipinski definition) is 3. The molecule has 70 valence electrons. The van der Waals surface area contributed by atoms with Crippen LogP contribution in [0.1, 0.15) is 10.4 Å². The fourth-order valence-electron chi connectivity index (χ4n) is 0.857. The van der Waals surface area contributed by atoms with Gasteiger partial charge in [-0.2, -0.15) is 0 Å². The van der Waals surface area contributed by atoms with Crippen LogP contribution < -0.4 is 4.74 Å². The summed E-state index contributed by atoms with van der Waals surface area (Å²) in [5.41, 5.74) is -0.614. The molecule has 0 aromatic heterocycles. The molecule has 0 unspecified atom stereocenters. The van der Waals surface area contributed by atoms with Gasteiger partial charge in [0.25, 0.3) is 0 Å². The van der Waals surface area contributed by atoms with Crippen molar-refractivity contribution >= 4 is 5.97 Å². The first-order valence-corrected chi connectivity index (χ1v) is 3.36. The van der Waals surface area contributed by atoms with Gasteiger partial charge < -0.3 is 14.9 Å². The maximum atomic E-state index is 12.9. The zero-order valence-corrected chi connectivity index (χ0v) is 6.74. The molecule has 0 radical (unpaired) electrons. The van der Waals surface area contributed by atoms with E-state index in [2.05, 4.69) is 4.74 Å². The smallest absolute Gasteiger partial charge is 0.338 e. The third kappa shape index (κ3) is 1.69. The lowest BCUT2D eigenvalue weighted by Gasteiger charge is -2.04. The van der Waals surface area contributed by atoms with Crippen molar-refractivity contribution < 1.29 is 24.1 Å². The Morgan fingerprint density at radius 3 is 2.62 bits per heavy atom. The maximum Gasteiger partial charge on any atom is 0.338 e. The Bertz CT molecular complexity index is 348. The fourth-order valence-corrected chi connectivity index (χ4v) is 0.857. The van der Waals surface area contributed by atoms with Crippen molar-refractivity contribution in [3.05, 3.63) is 23.5 Å². The van der Waals surface area contributed by atoms with Crippen LogP contribution in [0.15, 0.2) is 12.1 Å². The maximum absolute atomic E-state index is 12.9. The van der Waals surface area contributed by atoms with Crippen LogP contribution in [0, 0.1) is 5.82 Å². The van der Waals surface area contributed by atoms with E-state index in [1.807, 2.05) is 0 Å². The monoisotopic (exact) mass is 186 g/mol. The molecule has 4 nitrogen and oxygen atoms in total. The molecule has 0 aliphatic carbocycles. The van der Waals surface area contributed by atoms with Gasteiger partial charge in [-0.05, 0) is 6.07 Å². The zero-order valence-electron chi connectivity index (χ0n) is 6.74. The minimum absolute atomic E-state index is 0.0938. The Labute approximate surface area is 73.2 Å². The Kier molecular flexibility index (Phi) is 2.36. The lowest BCUT2D eigenvalue weighted by molar-refractivity contribution is 0.0690. The Morgan fingerprint density at radius 1 is 1.54 bits per heavy atom. The largest absolute Gasteiger partial charge is 0.505 e. The molecule has 0 spiro atoms. The van der Waals surface area contributed by atoms with E-state index in [1.54, 1.807) is 0 Å². The van der Waals surface area contributed by atoms with E-state index in [0.717, 1.165) is 12.1 Å². The molecule has 2 N–H and O–H groups in total. The van der Waals surface area contributed by atoms with Gasteiger partial charge in [-0.25, -0.2) is 9.18 Å². The number of carboxylic acid groups (broad SMARTS) is 1.